The standard InChI is InChI=1S/C19H23FN2OS/c1-14-16-5-11-24-19(16)4-6-22(14)13-15-2-3-18(17(20)12-15)21-7-9-23-10-8-21/h2-3,5,11-12,14H,4,6-10,13H2,1H3/t14-/m1/s1. The second-order valence-corrected chi connectivity index (χ2v) is 7.58. The van der Waals surface area contributed by atoms with Crippen molar-refractivity contribution in [2.45, 2.75) is 25.9 Å². The average molecular weight is 346 g/mol. The lowest BCUT2D eigenvalue weighted by Gasteiger charge is -2.34. The zero-order chi connectivity index (χ0) is 16.5. The molecule has 0 spiro atoms. The first-order valence-electron chi connectivity index (χ1n) is 8.64. The van der Waals surface area contributed by atoms with Crippen LogP contribution in [0, 0.1) is 5.82 Å². The highest BCUT2D eigenvalue weighted by Crippen LogP contribution is 2.34. The zero-order valence-electron chi connectivity index (χ0n) is 14.0. The van der Waals surface area contributed by atoms with E-state index in [4.69, 9.17) is 4.74 Å². The molecule has 2 aliphatic rings. The number of hydrogen-bond donors (Lipinski definition) is 0. The van der Waals surface area contributed by atoms with E-state index in [2.05, 4.69) is 34.2 Å². The lowest BCUT2D eigenvalue weighted by Crippen LogP contribution is -2.36. The maximum absolute atomic E-state index is 14.6. The zero-order valence-corrected chi connectivity index (χ0v) is 14.8. The van der Waals surface area contributed by atoms with Crippen molar-refractivity contribution in [1.29, 1.82) is 0 Å². The molecule has 1 atom stereocenters. The van der Waals surface area contributed by atoms with Gasteiger partial charge in [-0.05, 0) is 48.1 Å². The van der Waals surface area contributed by atoms with E-state index in [9.17, 15) is 4.39 Å². The first-order valence-corrected chi connectivity index (χ1v) is 9.52. The summed E-state index contributed by atoms with van der Waals surface area (Å²) in [5.74, 6) is -0.115. The second kappa shape index (κ2) is 6.82. The first-order chi connectivity index (χ1) is 11.7. The molecule has 0 aliphatic carbocycles. The minimum Gasteiger partial charge on any atom is -0.378 e. The molecule has 3 heterocycles. The highest BCUT2D eigenvalue weighted by atomic mass is 32.1. The van der Waals surface area contributed by atoms with Crippen molar-refractivity contribution in [2.24, 2.45) is 0 Å². The Balaban J connectivity index is 1.48. The maximum atomic E-state index is 14.6. The van der Waals surface area contributed by atoms with Crippen LogP contribution in [0.3, 0.4) is 0 Å². The quantitative estimate of drug-likeness (QED) is 0.840. The Labute approximate surface area is 146 Å². The van der Waals surface area contributed by atoms with E-state index in [1.807, 2.05) is 17.4 Å². The summed E-state index contributed by atoms with van der Waals surface area (Å²) in [5.41, 5.74) is 3.19. The second-order valence-electron chi connectivity index (χ2n) is 6.58. The first kappa shape index (κ1) is 16.1. The van der Waals surface area contributed by atoms with Gasteiger partial charge in [0.05, 0.1) is 18.9 Å². The van der Waals surface area contributed by atoms with Crippen molar-refractivity contribution < 1.29 is 9.13 Å². The number of thiophene rings is 1. The van der Waals surface area contributed by atoms with Gasteiger partial charge in [-0.25, -0.2) is 4.39 Å². The topological polar surface area (TPSA) is 15.7 Å². The van der Waals surface area contributed by atoms with Crippen molar-refractivity contribution in [2.75, 3.05) is 37.7 Å². The molecule has 0 bridgehead atoms. The van der Waals surface area contributed by atoms with Gasteiger partial charge in [0.15, 0.2) is 0 Å². The Morgan fingerprint density at radius 2 is 2.04 bits per heavy atom. The van der Waals surface area contributed by atoms with Gasteiger partial charge in [-0.1, -0.05) is 6.07 Å². The van der Waals surface area contributed by atoms with Gasteiger partial charge in [-0.2, -0.15) is 0 Å². The number of nitrogens with zero attached hydrogens (tertiary/aromatic N) is 2. The number of ether oxygens (including phenoxy) is 1. The molecule has 1 aromatic heterocycles. The van der Waals surface area contributed by atoms with E-state index in [1.54, 1.807) is 6.07 Å². The van der Waals surface area contributed by atoms with Gasteiger partial charge in [0.25, 0.3) is 0 Å². The molecule has 128 valence electrons. The molecule has 5 heteroatoms. The van der Waals surface area contributed by atoms with E-state index in [0.717, 1.165) is 38.2 Å². The Kier molecular flexibility index (Phi) is 4.57. The SMILES string of the molecule is C[C@@H]1c2ccsc2CCN1Cc1ccc(N2CCOCC2)c(F)c1. The summed E-state index contributed by atoms with van der Waals surface area (Å²) in [4.78, 5) is 6.02. The van der Waals surface area contributed by atoms with Crippen LogP contribution in [0.5, 0.6) is 0 Å². The summed E-state index contributed by atoms with van der Waals surface area (Å²) in [6.07, 6.45) is 1.10. The monoisotopic (exact) mass is 346 g/mol. The molecule has 0 unspecified atom stereocenters. The Morgan fingerprint density at radius 3 is 2.83 bits per heavy atom. The summed E-state index contributed by atoms with van der Waals surface area (Å²) < 4.78 is 19.9. The molecule has 0 saturated carbocycles. The number of halogens is 1. The third kappa shape index (κ3) is 3.08. The third-order valence-electron chi connectivity index (χ3n) is 5.15. The molecule has 24 heavy (non-hydrogen) atoms. The van der Waals surface area contributed by atoms with E-state index >= 15 is 0 Å². The van der Waals surface area contributed by atoms with Crippen LogP contribution in [-0.4, -0.2) is 37.7 Å². The number of benzene rings is 1. The molecular formula is C19H23FN2OS. The van der Waals surface area contributed by atoms with Gasteiger partial charge in [-0.15, -0.1) is 11.3 Å². The van der Waals surface area contributed by atoms with Crippen molar-refractivity contribution in [3.8, 4) is 0 Å². The number of rotatable bonds is 3. The summed E-state index contributed by atoms with van der Waals surface area (Å²) >= 11 is 1.86. The summed E-state index contributed by atoms with van der Waals surface area (Å²) in [7, 11) is 0. The lowest BCUT2D eigenvalue weighted by atomic mass is 10.0. The Hall–Kier alpha value is -1.43. The predicted octanol–water partition coefficient (Wildman–Crippen LogP) is 3.84. The average Bonchev–Trinajstić information content (AvgIpc) is 3.08. The molecule has 0 radical (unpaired) electrons. The van der Waals surface area contributed by atoms with Crippen LogP contribution in [0.4, 0.5) is 10.1 Å². The smallest absolute Gasteiger partial charge is 0.146 e. The van der Waals surface area contributed by atoms with E-state index in [0.29, 0.717) is 24.9 Å². The molecule has 1 saturated heterocycles. The molecule has 0 amide bonds. The molecular weight excluding hydrogens is 323 g/mol. The van der Waals surface area contributed by atoms with Crippen LogP contribution in [0.15, 0.2) is 29.6 Å². The molecule has 2 aromatic rings. The third-order valence-corrected chi connectivity index (χ3v) is 6.15. The molecule has 4 rings (SSSR count). The summed E-state index contributed by atoms with van der Waals surface area (Å²) in [6, 6.07) is 8.35. The van der Waals surface area contributed by atoms with Gasteiger partial charge in [0.1, 0.15) is 5.82 Å². The normalized spacial score (nSPS) is 21.8. The molecule has 3 nitrogen and oxygen atoms in total. The van der Waals surface area contributed by atoms with Crippen LogP contribution in [0.25, 0.3) is 0 Å². The number of fused-ring (bicyclic) bond motifs is 1. The van der Waals surface area contributed by atoms with Gasteiger partial charge < -0.3 is 9.64 Å². The molecule has 2 aliphatic heterocycles. The Morgan fingerprint density at radius 1 is 1.21 bits per heavy atom. The van der Waals surface area contributed by atoms with Crippen molar-refractivity contribution in [3.63, 3.8) is 0 Å². The van der Waals surface area contributed by atoms with Gasteiger partial charge in [0, 0.05) is 37.1 Å². The van der Waals surface area contributed by atoms with Crippen molar-refractivity contribution in [3.05, 3.63) is 51.5 Å². The van der Waals surface area contributed by atoms with Crippen LogP contribution in [0.2, 0.25) is 0 Å². The molecule has 1 aromatic carbocycles. The van der Waals surface area contributed by atoms with Crippen LogP contribution in [0.1, 0.15) is 29.0 Å². The van der Waals surface area contributed by atoms with E-state index in [-0.39, 0.29) is 5.82 Å². The summed E-state index contributed by atoms with van der Waals surface area (Å²) in [6.45, 7) is 6.98. The minimum absolute atomic E-state index is 0.115. The minimum atomic E-state index is -0.115. The van der Waals surface area contributed by atoms with E-state index in [1.165, 1.54) is 10.4 Å². The van der Waals surface area contributed by atoms with Crippen LogP contribution < -0.4 is 4.90 Å². The van der Waals surface area contributed by atoms with E-state index < -0.39 is 0 Å². The fraction of sp³-hybridized carbons (Fsp3) is 0.474. The van der Waals surface area contributed by atoms with Gasteiger partial charge in [-0.3, -0.25) is 4.90 Å². The van der Waals surface area contributed by atoms with Gasteiger partial charge >= 0.3 is 0 Å². The van der Waals surface area contributed by atoms with Crippen LogP contribution >= 0.6 is 11.3 Å². The fourth-order valence-electron chi connectivity index (χ4n) is 3.72. The molecule has 1 fully saturated rings. The molecule has 0 N–H and O–H groups in total. The van der Waals surface area contributed by atoms with Gasteiger partial charge in [0.2, 0.25) is 0 Å². The fourth-order valence-corrected chi connectivity index (χ4v) is 4.68. The number of morpholine rings is 1. The van der Waals surface area contributed by atoms with Crippen molar-refractivity contribution >= 4 is 17.0 Å². The number of hydrogen-bond acceptors (Lipinski definition) is 4. The predicted molar refractivity (Wildman–Crippen MR) is 96.3 cm³/mol. The van der Waals surface area contributed by atoms with Crippen molar-refractivity contribution in [1.82, 2.24) is 4.90 Å². The maximum Gasteiger partial charge on any atom is 0.146 e. The Bertz CT molecular complexity index is 711. The lowest BCUT2D eigenvalue weighted by molar-refractivity contribution is 0.122. The highest BCUT2D eigenvalue weighted by molar-refractivity contribution is 7.10. The highest BCUT2D eigenvalue weighted by Gasteiger charge is 2.25. The largest absolute Gasteiger partial charge is 0.378 e. The number of anilines is 1. The van der Waals surface area contributed by atoms with Crippen LogP contribution in [-0.2, 0) is 17.7 Å². The summed E-state index contributed by atoms with van der Waals surface area (Å²) in [5, 5.41) is 2.18.